The molecule has 1 atom stereocenters. The molecule has 1 aliphatic carbocycles. The van der Waals surface area contributed by atoms with Crippen molar-refractivity contribution in [2.24, 2.45) is 12.5 Å². The Morgan fingerprint density at radius 1 is 1.36 bits per heavy atom. The molecule has 28 heavy (non-hydrogen) atoms. The van der Waals surface area contributed by atoms with Crippen LogP contribution in [-0.2, 0) is 26.4 Å². The SMILES string of the molecule is Cn1ncc2c1CC(C)(C)CN(C(=O)NC1CCCc3cc(C#N)ccc31)C2. The number of fused-ring (bicyclic) bond motifs is 2. The van der Waals surface area contributed by atoms with Crippen LogP contribution in [0.25, 0.3) is 0 Å². The average Bonchev–Trinajstić information content (AvgIpc) is 2.92. The molecule has 1 aromatic carbocycles. The number of rotatable bonds is 1. The number of hydrogen-bond donors (Lipinski definition) is 1. The molecular weight excluding hydrogens is 350 g/mol. The van der Waals surface area contributed by atoms with Crippen molar-refractivity contribution < 1.29 is 4.79 Å². The number of hydrogen-bond acceptors (Lipinski definition) is 3. The van der Waals surface area contributed by atoms with Crippen LogP contribution < -0.4 is 5.32 Å². The van der Waals surface area contributed by atoms with E-state index >= 15 is 0 Å². The molecule has 2 amide bonds. The smallest absolute Gasteiger partial charge is 0.318 e. The summed E-state index contributed by atoms with van der Waals surface area (Å²) in [5.74, 6) is 0. The first-order chi connectivity index (χ1) is 13.4. The normalized spacial score (nSPS) is 20.5. The summed E-state index contributed by atoms with van der Waals surface area (Å²) >= 11 is 0. The van der Waals surface area contributed by atoms with Crippen LogP contribution in [0.1, 0.15) is 60.7 Å². The third kappa shape index (κ3) is 3.49. The number of nitrogens with zero attached hydrogens (tertiary/aromatic N) is 4. The molecule has 1 aliphatic heterocycles. The highest BCUT2D eigenvalue weighted by Crippen LogP contribution is 2.32. The lowest BCUT2D eigenvalue weighted by Gasteiger charge is -2.33. The Kier molecular flexibility index (Phi) is 4.62. The van der Waals surface area contributed by atoms with Crippen LogP contribution in [0.2, 0.25) is 0 Å². The molecule has 4 rings (SSSR count). The van der Waals surface area contributed by atoms with Gasteiger partial charge in [-0.1, -0.05) is 19.9 Å². The van der Waals surface area contributed by atoms with E-state index in [1.807, 2.05) is 41.0 Å². The molecule has 6 heteroatoms. The second-order valence-electron chi connectivity index (χ2n) is 8.86. The Bertz CT molecular complexity index is 952. The average molecular weight is 377 g/mol. The van der Waals surface area contributed by atoms with Crippen LogP contribution in [0.4, 0.5) is 4.79 Å². The van der Waals surface area contributed by atoms with Crippen LogP contribution in [-0.4, -0.2) is 27.3 Å². The van der Waals surface area contributed by atoms with Gasteiger partial charge >= 0.3 is 6.03 Å². The molecule has 146 valence electrons. The van der Waals surface area contributed by atoms with Gasteiger partial charge in [-0.2, -0.15) is 10.4 Å². The minimum atomic E-state index is -0.0213. The molecule has 0 saturated carbocycles. The van der Waals surface area contributed by atoms with Crippen molar-refractivity contribution in [1.82, 2.24) is 20.0 Å². The van der Waals surface area contributed by atoms with Gasteiger partial charge in [-0.25, -0.2) is 4.79 Å². The number of urea groups is 1. The zero-order valence-corrected chi connectivity index (χ0v) is 16.8. The van der Waals surface area contributed by atoms with Crippen molar-refractivity contribution in [3.05, 3.63) is 52.3 Å². The third-order valence-electron chi connectivity index (χ3n) is 5.95. The van der Waals surface area contributed by atoms with Crippen LogP contribution >= 0.6 is 0 Å². The second kappa shape index (κ2) is 6.97. The molecule has 0 spiro atoms. The molecule has 2 aliphatic rings. The van der Waals surface area contributed by atoms with Crippen molar-refractivity contribution in [3.8, 4) is 6.07 Å². The highest BCUT2D eigenvalue weighted by Gasteiger charge is 2.33. The van der Waals surface area contributed by atoms with Gasteiger partial charge in [0.2, 0.25) is 0 Å². The summed E-state index contributed by atoms with van der Waals surface area (Å²) in [6.45, 7) is 5.70. The number of aromatic nitrogens is 2. The van der Waals surface area contributed by atoms with Crippen molar-refractivity contribution >= 4 is 6.03 Å². The van der Waals surface area contributed by atoms with Crippen molar-refractivity contribution in [2.75, 3.05) is 6.54 Å². The van der Waals surface area contributed by atoms with Gasteiger partial charge in [-0.05, 0) is 54.4 Å². The Morgan fingerprint density at radius 3 is 2.96 bits per heavy atom. The number of amides is 2. The van der Waals surface area contributed by atoms with Crippen LogP contribution in [0.15, 0.2) is 24.4 Å². The fraction of sp³-hybridized carbons (Fsp3) is 0.500. The molecule has 2 heterocycles. The van der Waals surface area contributed by atoms with Gasteiger partial charge in [0, 0.05) is 24.8 Å². The zero-order valence-electron chi connectivity index (χ0n) is 16.8. The molecule has 1 N–H and O–H groups in total. The van der Waals surface area contributed by atoms with Gasteiger partial charge in [-0.3, -0.25) is 4.68 Å². The summed E-state index contributed by atoms with van der Waals surface area (Å²) < 4.78 is 1.93. The van der Waals surface area contributed by atoms with Gasteiger partial charge in [-0.15, -0.1) is 0 Å². The summed E-state index contributed by atoms with van der Waals surface area (Å²) in [6.07, 6.45) is 5.71. The fourth-order valence-corrected chi connectivity index (χ4v) is 4.57. The number of benzene rings is 1. The summed E-state index contributed by atoms with van der Waals surface area (Å²) in [5.41, 5.74) is 5.35. The Labute approximate surface area is 166 Å². The highest BCUT2D eigenvalue weighted by molar-refractivity contribution is 5.75. The standard InChI is InChI=1S/C22H27N5O/c1-22(2)10-20-17(12-24-26(20)3)13-27(14-22)21(28)25-19-6-4-5-16-9-15(11-23)7-8-18(16)19/h7-9,12,19H,4-6,10,13-14H2,1-3H3,(H,25,28). The maximum absolute atomic E-state index is 13.2. The van der Waals surface area contributed by atoms with E-state index in [9.17, 15) is 4.79 Å². The van der Waals surface area contributed by atoms with Crippen molar-refractivity contribution in [1.29, 1.82) is 5.26 Å². The first kappa shape index (κ1) is 18.5. The predicted molar refractivity (Wildman–Crippen MR) is 106 cm³/mol. The molecule has 1 unspecified atom stereocenters. The minimum absolute atomic E-state index is 0.00345. The molecular formula is C22H27N5O. The van der Waals surface area contributed by atoms with E-state index < -0.39 is 0 Å². The summed E-state index contributed by atoms with van der Waals surface area (Å²) in [5, 5.41) is 16.8. The second-order valence-corrected chi connectivity index (χ2v) is 8.86. The molecule has 2 aromatic rings. The van der Waals surface area contributed by atoms with E-state index in [1.54, 1.807) is 0 Å². The van der Waals surface area contributed by atoms with Gasteiger partial charge in [0.15, 0.2) is 0 Å². The van der Waals surface area contributed by atoms with E-state index in [2.05, 4.69) is 30.3 Å². The summed E-state index contributed by atoms with van der Waals surface area (Å²) in [4.78, 5) is 15.1. The topological polar surface area (TPSA) is 74.0 Å². The lowest BCUT2D eigenvalue weighted by atomic mass is 9.86. The molecule has 0 saturated heterocycles. The number of aryl methyl sites for hydroxylation is 2. The van der Waals surface area contributed by atoms with Crippen LogP contribution in [0.3, 0.4) is 0 Å². The van der Waals surface area contributed by atoms with Gasteiger partial charge in [0.05, 0.1) is 30.4 Å². The zero-order chi connectivity index (χ0) is 19.9. The number of carbonyl (C=O) groups excluding carboxylic acids is 1. The summed E-state index contributed by atoms with van der Waals surface area (Å²) in [7, 11) is 1.97. The summed E-state index contributed by atoms with van der Waals surface area (Å²) in [6, 6.07) is 8.00. The molecule has 0 radical (unpaired) electrons. The monoisotopic (exact) mass is 377 g/mol. The molecule has 6 nitrogen and oxygen atoms in total. The van der Waals surface area contributed by atoms with E-state index in [-0.39, 0.29) is 17.5 Å². The number of carbonyl (C=O) groups is 1. The molecule has 0 fully saturated rings. The Balaban J connectivity index is 1.55. The lowest BCUT2D eigenvalue weighted by molar-refractivity contribution is 0.163. The van der Waals surface area contributed by atoms with Crippen molar-refractivity contribution in [3.63, 3.8) is 0 Å². The third-order valence-corrected chi connectivity index (χ3v) is 5.95. The predicted octanol–water partition coefficient (Wildman–Crippen LogP) is 3.46. The van der Waals surface area contributed by atoms with Crippen LogP contribution in [0.5, 0.6) is 0 Å². The molecule has 1 aromatic heterocycles. The largest absolute Gasteiger partial charge is 0.331 e. The maximum atomic E-state index is 13.2. The highest BCUT2D eigenvalue weighted by atomic mass is 16.2. The van der Waals surface area contributed by atoms with E-state index in [0.29, 0.717) is 18.7 Å². The lowest BCUT2D eigenvalue weighted by Crippen LogP contribution is -2.45. The van der Waals surface area contributed by atoms with E-state index in [0.717, 1.165) is 36.8 Å². The fourth-order valence-electron chi connectivity index (χ4n) is 4.57. The Hall–Kier alpha value is -2.81. The molecule has 0 bridgehead atoms. The van der Waals surface area contributed by atoms with Crippen LogP contribution in [0, 0.1) is 16.7 Å². The van der Waals surface area contributed by atoms with E-state index in [4.69, 9.17) is 5.26 Å². The first-order valence-corrected chi connectivity index (χ1v) is 9.94. The minimum Gasteiger partial charge on any atom is -0.331 e. The number of nitriles is 1. The van der Waals surface area contributed by atoms with E-state index in [1.165, 1.54) is 11.3 Å². The quantitative estimate of drug-likeness (QED) is 0.827. The van der Waals surface area contributed by atoms with Gasteiger partial charge < -0.3 is 10.2 Å². The maximum Gasteiger partial charge on any atom is 0.318 e. The number of nitrogens with one attached hydrogen (secondary N) is 1. The van der Waals surface area contributed by atoms with Gasteiger partial charge in [0.1, 0.15) is 0 Å². The van der Waals surface area contributed by atoms with Gasteiger partial charge in [0.25, 0.3) is 0 Å². The van der Waals surface area contributed by atoms with Crippen molar-refractivity contribution in [2.45, 2.75) is 52.1 Å². The first-order valence-electron chi connectivity index (χ1n) is 9.94. The Morgan fingerprint density at radius 2 is 2.18 bits per heavy atom.